The smallest absolute Gasteiger partial charge is 0.153 e. The SMILES string of the molecule is C=Cc1cnc(Cl)c(C=O)c1. The van der Waals surface area contributed by atoms with Gasteiger partial charge in [0, 0.05) is 6.20 Å². The molecular weight excluding hydrogens is 162 g/mol. The number of carbonyl (C=O) groups is 1. The monoisotopic (exact) mass is 167 g/mol. The predicted octanol–water partition coefficient (Wildman–Crippen LogP) is 2.19. The van der Waals surface area contributed by atoms with Gasteiger partial charge < -0.3 is 0 Å². The van der Waals surface area contributed by atoms with Gasteiger partial charge in [0.25, 0.3) is 0 Å². The average Bonchev–Trinajstić information content (AvgIpc) is 2.05. The molecule has 0 N–H and O–H groups in total. The Hall–Kier alpha value is -1.15. The number of aromatic nitrogens is 1. The highest BCUT2D eigenvalue weighted by Gasteiger charge is 1.98. The minimum Gasteiger partial charge on any atom is -0.298 e. The van der Waals surface area contributed by atoms with Crippen LogP contribution < -0.4 is 0 Å². The lowest BCUT2D eigenvalue weighted by molar-refractivity contribution is 0.112. The maximum absolute atomic E-state index is 10.3. The second-order valence-corrected chi connectivity index (χ2v) is 2.33. The molecule has 0 bridgehead atoms. The second-order valence-electron chi connectivity index (χ2n) is 1.97. The molecule has 0 aliphatic carbocycles. The summed E-state index contributed by atoms with van der Waals surface area (Å²) >= 11 is 5.58. The third-order valence-electron chi connectivity index (χ3n) is 1.25. The van der Waals surface area contributed by atoms with Crippen LogP contribution in [0.3, 0.4) is 0 Å². The Kier molecular flexibility index (Phi) is 2.39. The molecule has 0 radical (unpaired) electrons. The summed E-state index contributed by atoms with van der Waals surface area (Å²) in [4.78, 5) is 14.1. The first-order valence-electron chi connectivity index (χ1n) is 3.01. The topological polar surface area (TPSA) is 30.0 Å². The van der Waals surface area contributed by atoms with Crippen LogP contribution in [-0.2, 0) is 0 Å². The molecule has 0 aliphatic rings. The summed E-state index contributed by atoms with van der Waals surface area (Å²) in [5.74, 6) is 0. The zero-order valence-corrected chi connectivity index (χ0v) is 6.51. The fourth-order valence-electron chi connectivity index (χ4n) is 0.676. The van der Waals surface area contributed by atoms with Gasteiger partial charge in [-0.15, -0.1) is 0 Å². The van der Waals surface area contributed by atoms with Crippen molar-refractivity contribution >= 4 is 24.0 Å². The molecule has 1 aromatic heterocycles. The molecule has 0 aliphatic heterocycles. The highest BCUT2D eigenvalue weighted by atomic mass is 35.5. The Labute approximate surface area is 69.5 Å². The molecule has 0 spiro atoms. The van der Waals surface area contributed by atoms with Crippen LogP contribution in [0.15, 0.2) is 18.8 Å². The first-order valence-corrected chi connectivity index (χ1v) is 3.39. The van der Waals surface area contributed by atoms with E-state index in [1.807, 2.05) is 0 Å². The molecule has 0 aromatic carbocycles. The fraction of sp³-hybridized carbons (Fsp3) is 0. The molecule has 1 aromatic rings. The summed E-state index contributed by atoms with van der Waals surface area (Å²) < 4.78 is 0. The molecular formula is C8H6ClNO. The number of hydrogen-bond acceptors (Lipinski definition) is 2. The van der Waals surface area contributed by atoms with Crippen LogP contribution in [0, 0.1) is 0 Å². The van der Waals surface area contributed by atoms with Gasteiger partial charge in [-0.05, 0) is 11.6 Å². The number of rotatable bonds is 2. The zero-order valence-electron chi connectivity index (χ0n) is 5.75. The number of carbonyl (C=O) groups excluding carboxylic acids is 1. The van der Waals surface area contributed by atoms with Gasteiger partial charge in [-0.1, -0.05) is 24.3 Å². The van der Waals surface area contributed by atoms with E-state index in [0.29, 0.717) is 11.8 Å². The summed E-state index contributed by atoms with van der Waals surface area (Å²) in [6.45, 7) is 3.54. The first-order chi connectivity index (χ1) is 5.27. The van der Waals surface area contributed by atoms with Crippen LogP contribution in [0.5, 0.6) is 0 Å². The minimum atomic E-state index is 0.227. The molecule has 0 atom stereocenters. The van der Waals surface area contributed by atoms with E-state index in [2.05, 4.69) is 11.6 Å². The van der Waals surface area contributed by atoms with E-state index < -0.39 is 0 Å². The Bertz CT molecular complexity index is 296. The van der Waals surface area contributed by atoms with Crippen molar-refractivity contribution in [2.24, 2.45) is 0 Å². The summed E-state index contributed by atoms with van der Waals surface area (Å²) in [5, 5.41) is 0.227. The summed E-state index contributed by atoms with van der Waals surface area (Å²) in [6, 6.07) is 1.63. The lowest BCUT2D eigenvalue weighted by Gasteiger charge is -1.95. The van der Waals surface area contributed by atoms with E-state index in [-0.39, 0.29) is 5.15 Å². The van der Waals surface area contributed by atoms with Crippen LogP contribution in [0.25, 0.3) is 6.08 Å². The van der Waals surface area contributed by atoms with Crippen molar-refractivity contribution in [1.29, 1.82) is 0 Å². The number of hydrogen-bond donors (Lipinski definition) is 0. The van der Waals surface area contributed by atoms with Crippen LogP contribution in [0.1, 0.15) is 15.9 Å². The number of aldehydes is 1. The molecule has 1 rings (SSSR count). The molecule has 56 valence electrons. The molecule has 1 heterocycles. The van der Waals surface area contributed by atoms with Crippen LogP contribution in [0.2, 0.25) is 5.15 Å². The maximum atomic E-state index is 10.3. The van der Waals surface area contributed by atoms with Crippen LogP contribution in [0.4, 0.5) is 0 Å². The van der Waals surface area contributed by atoms with Crippen molar-refractivity contribution in [3.05, 3.63) is 35.1 Å². The van der Waals surface area contributed by atoms with Crippen molar-refractivity contribution in [3.63, 3.8) is 0 Å². The van der Waals surface area contributed by atoms with Crippen molar-refractivity contribution in [3.8, 4) is 0 Å². The largest absolute Gasteiger partial charge is 0.298 e. The van der Waals surface area contributed by atoms with Gasteiger partial charge in [-0.25, -0.2) is 4.98 Å². The highest BCUT2D eigenvalue weighted by molar-refractivity contribution is 6.31. The Morgan fingerprint density at radius 1 is 1.64 bits per heavy atom. The van der Waals surface area contributed by atoms with Crippen molar-refractivity contribution in [2.45, 2.75) is 0 Å². The van der Waals surface area contributed by atoms with Gasteiger partial charge in [0.2, 0.25) is 0 Å². The summed E-state index contributed by atoms with van der Waals surface area (Å²) in [6.07, 6.45) is 3.83. The summed E-state index contributed by atoms with van der Waals surface area (Å²) in [7, 11) is 0. The Morgan fingerprint density at radius 2 is 2.36 bits per heavy atom. The molecule has 0 saturated heterocycles. The van der Waals surface area contributed by atoms with Gasteiger partial charge in [-0.3, -0.25) is 4.79 Å². The number of halogens is 1. The highest BCUT2D eigenvalue weighted by Crippen LogP contribution is 2.12. The molecule has 0 fully saturated rings. The quantitative estimate of drug-likeness (QED) is 0.499. The lowest BCUT2D eigenvalue weighted by Crippen LogP contribution is -1.86. The Balaban J connectivity index is 3.22. The second kappa shape index (κ2) is 3.30. The van der Waals surface area contributed by atoms with Gasteiger partial charge in [0.15, 0.2) is 6.29 Å². The van der Waals surface area contributed by atoms with E-state index >= 15 is 0 Å². The molecule has 2 nitrogen and oxygen atoms in total. The number of pyridine rings is 1. The standard InChI is InChI=1S/C8H6ClNO/c1-2-6-3-7(5-11)8(9)10-4-6/h2-5H,1H2. The third-order valence-corrected chi connectivity index (χ3v) is 1.57. The predicted molar refractivity (Wildman–Crippen MR) is 44.7 cm³/mol. The van der Waals surface area contributed by atoms with Gasteiger partial charge >= 0.3 is 0 Å². The van der Waals surface area contributed by atoms with E-state index in [0.717, 1.165) is 5.56 Å². The maximum Gasteiger partial charge on any atom is 0.153 e. The lowest BCUT2D eigenvalue weighted by atomic mass is 10.2. The van der Waals surface area contributed by atoms with Crippen molar-refractivity contribution < 1.29 is 4.79 Å². The Morgan fingerprint density at radius 3 is 2.91 bits per heavy atom. The van der Waals surface area contributed by atoms with E-state index in [1.165, 1.54) is 0 Å². The summed E-state index contributed by atoms with van der Waals surface area (Å²) in [5.41, 5.74) is 1.18. The molecule has 11 heavy (non-hydrogen) atoms. The zero-order chi connectivity index (χ0) is 8.27. The normalized spacial score (nSPS) is 9.18. The molecule has 0 unspecified atom stereocenters. The van der Waals surface area contributed by atoms with E-state index in [9.17, 15) is 4.79 Å². The third kappa shape index (κ3) is 1.65. The molecule has 0 amide bonds. The van der Waals surface area contributed by atoms with Crippen LogP contribution in [-0.4, -0.2) is 11.3 Å². The van der Waals surface area contributed by atoms with Gasteiger partial charge in [0.1, 0.15) is 5.15 Å². The molecule has 0 saturated carbocycles. The van der Waals surface area contributed by atoms with Gasteiger partial charge in [0.05, 0.1) is 5.56 Å². The van der Waals surface area contributed by atoms with Crippen molar-refractivity contribution in [1.82, 2.24) is 4.98 Å². The van der Waals surface area contributed by atoms with Gasteiger partial charge in [-0.2, -0.15) is 0 Å². The minimum absolute atomic E-state index is 0.227. The molecule has 3 heteroatoms. The number of nitrogens with zero attached hydrogens (tertiary/aromatic N) is 1. The van der Waals surface area contributed by atoms with E-state index in [4.69, 9.17) is 11.6 Å². The first kappa shape index (κ1) is 7.95. The van der Waals surface area contributed by atoms with Crippen molar-refractivity contribution in [2.75, 3.05) is 0 Å². The average molecular weight is 168 g/mol. The van der Waals surface area contributed by atoms with E-state index in [1.54, 1.807) is 18.3 Å². The fourth-order valence-corrected chi connectivity index (χ4v) is 0.824. The van der Waals surface area contributed by atoms with Crippen LogP contribution >= 0.6 is 11.6 Å².